The van der Waals surface area contributed by atoms with Crippen LogP contribution in [0.1, 0.15) is 33.5 Å². The van der Waals surface area contributed by atoms with E-state index in [4.69, 9.17) is 5.73 Å². The Hall–Kier alpha value is -3.93. The first-order valence-electron chi connectivity index (χ1n) is 9.76. The number of nitrogens with zero attached hydrogens (tertiary/aromatic N) is 1. The molecule has 1 aliphatic carbocycles. The molecule has 6 nitrogen and oxygen atoms in total. The minimum absolute atomic E-state index is 0.0560. The summed E-state index contributed by atoms with van der Waals surface area (Å²) in [4.78, 5) is 28.8. The Morgan fingerprint density at radius 1 is 0.967 bits per heavy atom. The second-order valence-corrected chi connectivity index (χ2v) is 7.17. The highest BCUT2D eigenvalue weighted by molar-refractivity contribution is 6.05. The van der Waals surface area contributed by atoms with Crippen molar-refractivity contribution >= 4 is 29.3 Å². The Balaban J connectivity index is 1.35. The maximum absolute atomic E-state index is 12.5. The van der Waals surface area contributed by atoms with Gasteiger partial charge in [0.2, 0.25) is 5.91 Å². The van der Waals surface area contributed by atoms with Crippen molar-refractivity contribution in [3.63, 3.8) is 0 Å². The molecule has 0 spiro atoms. The Labute approximate surface area is 174 Å². The number of carbonyl (C=O) groups excluding carboxylic acids is 2. The fraction of sp³-hybridized carbons (Fsp3) is 0.125. The molecule has 4 rings (SSSR count). The molecule has 3 aromatic rings. The first kappa shape index (κ1) is 19.4. The maximum Gasteiger partial charge on any atom is 0.255 e. The molecule has 0 fully saturated rings. The van der Waals surface area contributed by atoms with Gasteiger partial charge in [-0.25, -0.2) is 0 Å². The van der Waals surface area contributed by atoms with E-state index in [0.717, 1.165) is 29.5 Å². The summed E-state index contributed by atoms with van der Waals surface area (Å²) in [5.41, 5.74) is 11.3. The molecule has 30 heavy (non-hydrogen) atoms. The molecule has 1 heterocycles. The Kier molecular flexibility index (Phi) is 5.57. The molecule has 0 saturated carbocycles. The number of nitrogens with two attached hydrogens (primary N) is 1. The monoisotopic (exact) mass is 398 g/mol. The van der Waals surface area contributed by atoms with E-state index in [1.54, 1.807) is 24.4 Å². The summed E-state index contributed by atoms with van der Waals surface area (Å²) < 4.78 is 0. The van der Waals surface area contributed by atoms with E-state index in [9.17, 15) is 9.59 Å². The number of aryl methyl sites for hydroxylation is 1. The number of fused-ring (bicyclic) bond motifs is 1. The zero-order valence-corrected chi connectivity index (χ0v) is 16.4. The van der Waals surface area contributed by atoms with Crippen molar-refractivity contribution in [3.05, 3.63) is 94.8 Å². The third-order valence-electron chi connectivity index (χ3n) is 5.11. The molecule has 2 amide bonds. The molecule has 0 saturated heterocycles. The minimum atomic E-state index is -0.255. The summed E-state index contributed by atoms with van der Waals surface area (Å²) in [6.07, 6.45) is 6.63. The lowest BCUT2D eigenvalue weighted by atomic mass is 9.92. The molecule has 150 valence electrons. The number of anilines is 2. The van der Waals surface area contributed by atoms with E-state index >= 15 is 0 Å². The number of rotatable bonds is 5. The van der Waals surface area contributed by atoms with Crippen LogP contribution in [-0.2, 0) is 17.8 Å². The Morgan fingerprint density at radius 3 is 2.57 bits per heavy atom. The Morgan fingerprint density at radius 2 is 1.77 bits per heavy atom. The van der Waals surface area contributed by atoms with Gasteiger partial charge in [0.05, 0.1) is 17.6 Å². The van der Waals surface area contributed by atoms with E-state index in [1.165, 1.54) is 11.8 Å². The molecule has 0 aliphatic heterocycles. The van der Waals surface area contributed by atoms with Gasteiger partial charge in [-0.2, -0.15) is 0 Å². The largest absolute Gasteiger partial charge is 0.396 e. The predicted molar refractivity (Wildman–Crippen MR) is 118 cm³/mol. The summed E-state index contributed by atoms with van der Waals surface area (Å²) in [6.45, 7) is 0.400. The van der Waals surface area contributed by atoms with Gasteiger partial charge in [-0.3, -0.25) is 14.6 Å². The van der Waals surface area contributed by atoms with Gasteiger partial charge in [0.1, 0.15) is 0 Å². The fourth-order valence-corrected chi connectivity index (χ4v) is 3.40. The van der Waals surface area contributed by atoms with Gasteiger partial charge in [-0.1, -0.05) is 36.4 Å². The van der Waals surface area contributed by atoms with Crippen molar-refractivity contribution in [1.29, 1.82) is 0 Å². The zero-order chi connectivity index (χ0) is 20.9. The first-order chi connectivity index (χ1) is 14.6. The molecular weight excluding hydrogens is 376 g/mol. The average Bonchev–Trinajstić information content (AvgIpc) is 2.79. The number of hydrogen-bond donors (Lipinski definition) is 3. The summed E-state index contributed by atoms with van der Waals surface area (Å²) in [6, 6.07) is 16.9. The van der Waals surface area contributed by atoms with Gasteiger partial charge >= 0.3 is 0 Å². The smallest absolute Gasteiger partial charge is 0.255 e. The molecule has 1 aromatic heterocycles. The average molecular weight is 398 g/mol. The number of amides is 2. The van der Waals surface area contributed by atoms with Crippen LogP contribution in [-0.4, -0.2) is 16.8 Å². The second-order valence-electron chi connectivity index (χ2n) is 7.17. The van der Waals surface area contributed by atoms with Crippen LogP contribution in [0.4, 0.5) is 11.4 Å². The number of pyridine rings is 1. The van der Waals surface area contributed by atoms with Crippen LogP contribution in [0, 0.1) is 0 Å². The third kappa shape index (κ3) is 4.38. The maximum atomic E-state index is 12.5. The summed E-state index contributed by atoms with van der Waals surface area (Å²) in [5.74, 6) is -0.311. The first-order valence-corrected chi connectivity index (χ1v) is 9.76. The number of carbonyl (C=O) groups is 2. The van der Waals surface area contributed by atoms with Crippen molar-refractivity contribution in [2.75, 3.05) is 11.1 Å². The zero-order valence-electron chi connectivity index (χ0n) is 16.4. The van der Waals surface area contributed by atoms with Gasteiger partial charge in [-0.05, 0) is 53.8 Å². The molecule has 0 unspecified atom stereocenters. The van der Waals surface area contributed by atoms with Gasteiger partial charge in [0, 0.05) is 23.9 Å². The highest BCUT2D eigenvalue weighted by Gasteiger charge is 2.15. The van der Waals surface area contributed by atoms with Crippen molar-refractivity contribution in [3.8, 4) is 0 Å². The second kappa shape index (κ2) is 8.61. The summed E-state index contributed by atoms with van der Waals surface area (Å²) in [5, 5.41) is 5.73. The molecule has 0 atom stereocenters. The quantitative estimate of drug-likeness (QED) is 0.612. The number of aromatic nitrogens is 1. The van der Waals surface area contributed by atoms with Crippen molar-refractivity contribution in [2.24, 2.45) is 0 Å². The number of benzene rings is 2. The molecule has 1 aliphatic rings. The molecular formula is C24H22N4O2. The number of hydrogen-bond acceptors (Lipinski definition) is 4. The SMILES string of the molecule is Nc1cnccc1NC(=O)c1ccc(CNC(=O)C2=Cc3ccccc3CC2)cc1. The fourth-order valence-electron chi connectivity index (χ4n) is 3.40. The van der Waals surface area contributed by atoms with E-state index in [-0.39, 0.29) is 11.8 Å². The lowest BCUT2D eigenvalue weighted by Gasteiger charge is -2.16. The molecule has 0 radical (unpaired) electrons. The lowest BCUT2D eigenvalue weighted by molar-refractivity contribution is -0.117. The van der Waals surface area contributed by atoms with E-state index in [2.05, 4.69) is 21.7 Å². The lowest BCUT2D eigenvalue weighted by Crippen LogP contribution is -2.25. The van der Waals surface area contributed by atoms with Crippen molar-refractivity contribution in [2.45, 2.75) is 19.4 Å². The predicted octanol–water partition coefficient (Wildman–Crippen LogP) is 3.56. The van der Waals surface area contributed by atoms with Crippen LogP contribution in [0.2, 0.25) is 0 Å². The highest BCUT2D eigenvalue weighted by Crippen LogP contribution is 2.23. The molecule has 6 heteroatoms. The van der Waals surface area contributed by atoms with Crippen LogP contribution in [0.25, 0.3) is 6.08 Å². The third-order valence-corrected chi connectivity index (χ3v) is 5.11. The summed E-state index contributed by atoms with van der Waals surface area (Å²) in [7, 11) is 0. The number of nitrogens with one attached hydrogen (secondary N) is 2. The van der Waals surface area contributed by atoms with Crippen molar-refractivity contribution < 1.29 is 9.59 Å². The van der Waals surface area contributed by atoms with Gasteiger partial charge in [0.15, 0.2) is 0 Å². The van der Waals surface area contributed by atoms with Crippen molar-refractivity contribution in [1.82, 2.24) is 10.3 Å². The standard InChI is InChI=1S/C24H22N4O2/c25-21-15-26-12-11-22(21)28-24(30)18-7-5-16(6-8-18)14-27-23(29)20-10-9-17-3-1-2-4-19(17)13-20/h1-8,11-13,15H,9-10,14,25H2,(H,27,29)(H,26,28,30). The molecule has 0 bridgehead atoms. The van der Waals surface area contributed by atoms with Gasteiger partial charge in [0.25, 0.3) is 5.91 Å². The molecule has 2 aromatic carbocycles. The summed E-state index contributed by atoms with van der Waals surface area (Å²) >= 11 is 0. The normalized spacial score (nSPS) is 12.5. The minimum Gasteiger partial charge on any atom is -0.396 e. The Bertz CT molecular complexity index is 1120. The number of nitrogen functional groups attached to an aromatic ring is 1. The van der Waals surface area contributed by atoms with E-state index in [1.807, 2.05) is 36.4 Å². The van der Waals surface area contributed by atoms with Gasteiger partial charge < -0.3 is 16.4 Å². The van der Waals surface area contributed by atoms with E-state index in [0.29, 0.717) is 23.5 Å². The molecule has 4 N–H and O–H groups in total. The topological polar surface area (TPSA) is 97.1 Å². The van der Waals surface area contributed by atoms with Crippen LogP contribution >= 0.6 is 0 Å². The van der Waals surface area contributed by atoms with E-state index < -0.39 is 0 Å². The van der Waals surface area contributed by atoms with Crippen LogP contribution in [0.5, 0.6) is 0 Å². The highest BCUT2D eigenvalue weighted by atomic mass is 16.2. The van der Waals surface area contributed by atoms with Crippen LogP contribution in [0.15, 0.2) is 72.6 Å². The van der Waals surface area contributed by atoms with Gasteiger partial charge in [-0.15, -0.1) is 0 Å². The van der Waals surface area contributed by atoms with Crippen LogP contribution < -0.4 is 16.4 Å². The van der Waals surface area contributed by atoms with Crippen LogP contribution in [0.3, 0.4) is 0 Å².